The van der Waals surface area contributed by atoms with Crippen molar-refractivity contribution in [3.63, 3.8) is 0 Å². The lowest BCUT2D eigenvalue weighted by atomic mass is 9.90. The molecule has 2 nitrogen and oxygen atoms in total. The number of hydrogen-bond acceptors (Lipinski definition) is 3. The molecule has 1 aliphatic rings. The Morgan fingerprint density at radius 3 is 2.64 bits per heavy atom. The molecule has 0 aliphatic heterocycles. The Morgan fingerprint density at radius 2 is 2.14 bits per heavy atom. The zero-order chi connectivity index (χ0) is 10.4. The van der Waals surface area contributed by atoms with Crippen molar-refractivity contribution >= 4 is 17.1 Å². The van der Waals surface area contributed by atoms with Crippen LogP contribution < -0.4 is 0 Å². The molecular formula is C11H19NOS. The standard InChI is InChI=1S/C11H19NOS/c1-3-9(2)12-11(14-13)10-7-5-4-6-8-10/h3,9-10,13H,1,4-8H2,2H3/b12-11-. The van der Waals surface area contributed by atoms with Gasteiger partial charge in [0.25, 0.3) is 0 Å². The van der Waals surface area contributed by atoms with Gasteiger partial charge in [0.2, 0.25) is 0 Å². The van der Waals surface area contributed by atoms with Crippen molar-refractivity contribution in [2.24, 2.45) is 10.9 Å². The normalized spacial score (nSPS) is 22.0. The first-order chi connectivity index (χ1) is 6.77. The lowest BCUT2D eigenvalue weighted by Crippen LogP contribution is -2.16. The Balaban J connectivity index is 2.59. The SMILES string of the molecule is C=CC(C)/N=C(\SO)C1CCCCC1. The third kappa shape index (κ3) is 3.46. The number of rotatable bonds is 3. The second-order valence-corrected chi connectivity index (χ2v) is 4.47. The van der Waals surface area contributed by atoms with Gasteiger partial charge < -0.3 is 4.55 Å². The Bertz CT molecular complexity index is 209. The fraction of sp³-hybridized carbons (Fsp3) is 0.727. The summed E-state index contributed by atoms with van der Waals surface area (Å²) in [5, 5.41) is 0.900. The second-order valence-electron chi connectivity index (χ2n) is 3.87. The maximum Gasteiger partial charge on any atom is 0.0987 e. The lowest BCUT2D eigenvalue weighted by Gasteiger charge is -2.22. The highest BCUT2D eigenvalue weighted by atomic mass is 32.2. The molecule has 0 spiro atoms. The average molecular weight is 213 g/mol. The summed E-state index contributed by atoms with van der Waals surface area (Å²) in [4.78, 5) is 4.45. The molecule has 0 bridgehead atoms. The number of aliphatic imine (C=N–C) groups is 1. The highest BCUT2D eigenvalue weighted by Crippen LogP contribution is 2.28. The molecule has 1 saturated carbocycles. The minimum Gasteiger partial charge on any atom is -0.325 e. The number of hydrogen-bond donors (Lipinski definition) is 1. The first-order valence-electron chi connectivity index (χ1n) is 5.29. The van der Waals surface area contributed by atoms with Crippen LogP contribution in [0.3, 0.4) is 0 Å². The first kappa shape index (κ1) is 11.8. The molecule has 80 valence electrons. The van der Waals surface area contributed by atoms with E-state index in [4.69, 9.17) is 0 Å². The summed E-state index contributed by atoms with van der Waals surface area (Å²) in [6.45, 7) is 5.69. The van der Waals surface area contributed by atoms with Gasteiger partial charge in [-0.05, 0) is 19.8 Å². The molecule has 0 amide bonds. The van der Waals surface area contributed by atoms with Crippen LogP contribution in [0.15, 0.2) is 17.6 Å². The molecule has 0 aromatic rings. The third-order valence-electron chi connectivity index (χ3n) is 2.72. The molecule has 1 aliphatic carbocycles. The molecule has 0 aromatic heterocycles. The van der Waals surface area contributed by atoms with Crippen molar-refractivity contribution in [3.05, 3.63) is 12.7 Å². The van der Waals surface area contributed by atoms with Gasteiger partial charge in [-0.25, -0.2) is 0 Å². The summed E-state index contributed by atoms with van der Waals surface area (Å²) >= 11 is 0.822. The highest BCUT2D eigenvalue weighted by molar-refractivity contribution is 8.09. The fourth-order valence-corrected chi connectivity index (χ4v) is 2.40. The monoisotopic (exact) mass is 213 g/mol. The third-order valence-corrected chi connectivity index (χ3v) is 3.35. The Morgan fingerprint density at radius 1 is 1.50 bits per heavy atom. The van der Waals surface area contributed by atoms with E-state index in [0.717, 1.165) is 17.1 Å². The van der Waals surface area contributed by atoms with Gasteiger partial charge in [0, 0.05) is 18.0 Å². The topological polar surface area (TPSA) is 32.6 Å². The van der Waals surface area contributed by atoms with Gasteiger partial charge >= 0.3 is 0 Å². The van der Waals surface area contributed by atoms with Gasteiger partial charge in [-0.15, -0.1) is 6.58 Å². The predicted octanol–water partition coefficient (Wildman–Crippen LogP) is 3.75. The highest BCUT2D eigenvalue weighted by Gasteiger charge is 2.19. The van der Waals surface area contributed by atoms with Crippen LogP contribution in [0.1, 0.15) is 39.0 Å². The molecule has 0 saturated heterocycles. The Hall–Kier alpha value is -0.280. The maximum atomic E-state index is 9.17. The summed E-state index contributed by atoms with van der Waals surface area (Å²) in [5.74, 6) is 0.487. The summed E-state index contributed by atoms with van der Waals surface area (Å²) in [6.07, 6.45) is 8.03. The Kier molecular flexibility index (Phi) is 5.26. The van der Waals surface area contributed by atoms with Crippen molar-refractivity contribution in [2.75, 3.05) is 0 Å². The largest absolute Gasteiger partial charge is 0.325 e. The van der Waals surface area contributed by atoms with Crippen molar-refractivity contribution in [1.82, 2.24) is 0 Å². The maximum absolute atomic E-state index is 9.17. The summed E-state index contributed by atoms with van der Waals surface area (Å²) in [5.41, 5.74) is 0. The van der Waals surface area contributed by atoms with Gasteiger partial charge in [0.1, 0.15) is 0 Å². The molecule has 1 rings (SSSR count). The van der Waals surface area contributed by atoms with E-state index in [-0.39, 0.29) is 6.04 Å². The van der Waals surface area contributed by atoms with Crippen LogP contribution in [0.25, 0.3) is 0 Å². The van der Waals surface area contributed by atoms with E-state index in [1.165, 1.54) is 32.1 Å². The van der Waals surface area contributed by atoms with Crippen molar-refractivity contribution in [3.8, 4) is 0 Å². The van der Waals surface area contributed by atoms with E-state index in [0.29, 0.717) is 5.92 Å². The van der Waals surface area contributed by atoms with Crippen molar-refractivity contribution < 1.29 is 4.55 Å². The predicted molar refractivity (Wildman–Crippen MR) is 63.9 cm³/mol. The summed E-state index contributed by atoms with van der Waals surface area (Å²) in [6, 6.07) is 0.117. The fourth-order valence-electron chi connectivity index (χ4n) is 1.81. The molecule has 1 atom stereocenters. The molecule has 1 N–H and O–H groups in total. The van der Waals surface area contributed by atoms with E-state index in [1.54, 1.807) is 6.08 Å². The lowest BCUT2D eigenvalue weighted by molar-refractivity contribution is 0.441. The minimum absolute atomic E-state index is 0.117. The van der Waals surface area contributed by atoms with Crippen LogP contribution in [0.2, 0.25) is 0 Å². The van der Waals surface area contributed by atoms with E-state index in [1.807, 2.05) is 6.92 Å². The van der Waals surface area contributed by atoms with Gasteiger partial charge in [-0.1, -0.05) is 25.3 Å². The van der Waals surface area contributed by atoms with Crippen LogP contribution in [0, 0.1) is 5.92 Å². The zero-order valence-electron chi connectivity index (χ0n) is 8.78. The first-order valence-corrected chi connectivity index (χ1v) is 6.07. The summed E-state index contributed by atoms with van der Waals surface area (Å²) < 4.78 is 9.17. The van der Waals surface area contributed by atoms with E-state index in [2.05, 4.69) is 11.6 Å². The van der Waals surface area contributed by atoms with Gasteiger partial charge in [0.05, 0.1) is 11.1 Å². The number of nitrogens with zero attached hydrogens (tertiary/aromatic N) is 1. The van der Waals surface area contributed by atoms with Crippen molar-refractivity contribution in [2.45, 2.75) is 45.1 Å². The second kappa shape index (κ2) is 6.25. The van der Waals surface area contributed by atoms with Gasteiger partial charge in [-0.2, -0.15) is 0 Å². The van der Waals surface area contributed by atoms with Gasteiger partial charge in [0.15, 0.2) is 0 Å². The molecule has 0 radical (unpaired) electrons. The van der Waals surface area contributed by atoms with Crippen LogP contribution in [-0.4, -0.2) is 15.6 Å². The van der Waals surface area contributed by atoms with Crippen LogP contribution in [-0.2, 0) is 0 Å². The quantitative estimate of drug-likeness (QED) is 0.335. The van der Waals surface area contributed by atoms with E-state index >= 15 is 0 Å². The molecule has 3 heteroatoms. The van der Waals surface area contributed by atoms with Crippen molar-refractivity contribution in [1.29, 1.82) is 0 Å². The molecule has 1 fully saturated rings. The van der Waals surface area contributed by atoms with Crippen LogP contribution in [0.5, 0.6) is 0 Å². The van der Waals surface area contributed by atoms with Crippen LogP contribution in [0.4, 0.5) is 0 Å². The smallest absolute Gasteiger partial charge is 0.0987 e. The minimum atomic E-state index is 0.117. The summed E-state index contributed by atoms with van der Waals surface area (Å²) in [7, 11) is 0. The molecule has 0 heterocycles. The van der Waals surface area contributed by atoms with E-state index in [9.17, 15) is 4.55 Å². The Labute approximate surface area is 90.7 Å². The molecule has 1 unspecified atom stereocenters. The zero-order valence-corrected chi connectivity index (χ0v) is 9.59. The average Bonchev–Trinajstić information content (AvgIpc) is 2.26. The van der Waals surface area contributed by atoms with E-state index < -0.39 is 0 Å². The van der Waals surface area contributed by atoms with Gasteiger partial charge in [-0.3, -0.25) is 4.99 Å². The molecular weight excluding hydrogens is 194 g/mol. The molecule has 14 heavy (non-hydrogen) atoms. The molecule has 0 aromatic carbocycles. The van der Waals surface area contributed by atoms with Crippen LogP contribution >= 0.6 is 12.0 Å².